The molecule has 0 unspecified atom stereocenters. The highest BCUT2D eigenvalue weighted by Gasteiger charge is 1.93. The average molecular weight is 232 g/mol. The molecule has 1 aromatic rings. The van der Waals surface area contributed by atoms with Crippen LogP contribution in [0.25, 0.3) is 0 Å². The summed E-state index contributed by atoms with van der Waals surface area (Å²) in [7, 11) is 0. The van der Waals surface area contributed by atoms with Crippen LogP contribution in [0.2, 0.25) is 0 Å². The summed E-state index contributed by atoms with van der Waals surface area (Å²) >= 11 is 5.19. The quantitative estimate of drug-likeness (QED) is 0.585. The molecule has 0 bridgehead atoms. The first kappa shape index (κ1) is 9.07. The van der Waals surface area contributed by atoms with Crippen molar-refractivity contribution in [2.45, 2.75) is 18.2 Å². The fraction of sp³-hybridized carbons (Fsp3) is 0.375. The molecule has 11 heavy (non-hydrogen) atoms. The maximum Gasteiger partial charge on any atom is 0.107 e. The van der Waals surface area contributed by atoms with E-state index in [0.717, 1.165) is 4.60 Å². The fourth-order valence-electron chi connectivity index (χ4n) is 0.694. The molecular weight excluding hydrogens is 222 g/mol. The molecule has 0 spiro atoms. The van der Waals surface area contributed by atoms with Gasteiger partial charge in [0.1, 0.15) is 4.60 Å². The Balaban J connectivity index is 2.56. The van der Waals surface area contributed by atoms with E-state index in [1.165, 1.54) is 17.1 Å². The van der Waals surface area contributed by atoms with Crippen molar-refractivity contribution < 1.29 is 0 Å². The third-order valence-electron chi connectivity index (χ3n) is 1.17. The molecule has 3 heteroatoms. The summed E-state index contributed by atoms with van der Waals surface area (Å²) in [6, 6.07) is 4.07. The molecule has 0 saturated carbocycles. The van der Waals surface area contributed by atoms with Crippen molar-refractivity contribution in [3.63, 3.8) is 0 Å². The van der Waals surface area contributed by atoms with Crippen molar-refractivity contribution in [2.75, 3.05) is 5.75 Å². The van der Waals surface area contributed by atoms with Gasteiger partial charge >= 0.3 is 0 Å². The first-order chi connectivity index (χ1) is 5.33. The summed E-state index contributed by atoms with van der Waals surface area (Å²) in [6.45, 7) is 2.18. The third kappa shape index (κ3) is 3.25. The molecule has 1 rings (SSSR count). The molecule has 0 aliphatic carbocycles. The predicted octanol–water partition coefficient (Wildman–Crippen LogP) is 3.35. The highest BCUT2D eigenvalue weighted by molar-refractivity contribution is 9.10. The Morgan fingerprint density at radius 1 is 1.64 bits per heavy atom. The van der Waals surface area contributed by atoms with Gasteiger partial charge in [0.2, 0.25) is 0 Å². The van der Waals surface area contributed by atoms with Gasteiger partial charge in [0, 0.05) is 11.1 Å². The molecule has 0 atom stereocenters. The number of halogens is 1. The highest BCUT2D eigenvalue weighted by Crippen LogP contribution is 2.20. The molecule has 0 aliphatic rings. The second-order valence-corrected chi connectivity index (χ2v) is 4.14. The van der Waals surface area contributed by atoms with Crippen molar-refractivity contribution >= 4 is 27.7 Å². The lowest BCUT2D eigenvalue weighted by Crippen LogP contribution is -1.78. The van der Waals surface area contributed by atoms with E-state index in [1.54, 1.807) is 0 Å². The normalized spacial score (nSPS) is 10.0. The van der Waals surface area contributed by atoms with Crippen LogP contribution in [0.1, 0.15) is 13.3 Å². The van der Waals surface area contributed by atoms with E-state index in [-0.39, 0.29) is 0 Å². The standard InChI is InChI=1S/C8H10BrNS/c1-2-5-11-7-3-4-10-8(9)6-7/h3-4,6H,2,5H2,1H3. The minimum Gasteiger partial charge on any atom is -0.249 e. The molecule has 0 N–H and O–H groups in total. The van der Waals surface area contributed by atoms with Gasteiger partial charge in [-0.05, 0) is 40.2 Å². The van der Waals surface area contributed by atoms with Crippen molar-refractivity contribution in [2.24, 2.45) is 0 Å². The first-order valence-electron chi connectivity index (χ1n) is 3.57. The van der Waals surface area contributed by atoms with Crippen LogP contribution in [0.15, 0.2) is 27.8 Å². The number of pyridine rings is 1. The van der Waals surface area contributed by atoms with Gasteiger partial charge in [0.25, 0.3) is 0 Å². The number of nitrogens with zero attached hydrogens (tertiary/aromatic N) is 1. The molecule has 0 amide bonds. The zero-order chi connectivity index (χ0) is 8.10. The van der Waals surface area contributed by atoms with Gasteiger partial charge in [-0.3, -0.25) is 0 Å². The largest absolute Gasteiger partial charge is 0.249 e. The maximum atomic E-state index is 4.05. The minimum absolute atomic E-state index is 0.915. The molecule has 0 aromatic carbocycles. The van der Waals surface area contributed by atoms with E-state index in [4.69, 9.17) is 0 Å². The van der Waals surface area contributed by atoms with Crippen molar-refractivity contribution in [3.05, 3.63) is 22.9 Å². The van der Waals surface area contributed by atoms with Crippen LogP contribution in [0, 0.1) is 0 Å². The molecule has 0 radical (unpaired) electrons. The van der Waals surface area contributed by atoms with E-state index in [1.807, 2.05) is 30.1 Å². The van der Waals surface area contributed by atoms with Gasteiger partial charge in [-0.25, -0.2) is 4.98 Å². The van der Waals surface area contributed by atoms with Crippen LogP contribution in [-0.2, 0) is 0 Å². The Bertz CT molecular complexity index is 227. The van der Waals surface area contributed by atoms with Gasteiger partial charge in [-0.1, -0.05) is 6.92 Å². The number of hydrogen-bond acceptors (Lipinski definition) is 2. The van der Waals surface area contributed by atoms with Crippen molar-refractivity contribution in [1.29, 1.82) is 0 Å². The van der Waals surface area contributed by atoms with Crippen LogP contribution >= 0.6 is 27.7 Å². The number of rotatable bonds is 3. The number of thioether (sulfide) groups is 1. The number of aromatic nitrogens is 1. The Morgan fingerprint density at radius 3 is 3.09 bits per heavy atom. The van der Waals surface area contributed by atoms with Gasteiger partial charge in [0.15, 0.2) is 0 Å². The first-order valence-corrected chi connectivity index (χ1v) is 5.35. The van der Waals surface area contributed by atoms with Gasteiger partial charge in [-0.2, -0.15) is 0 Å². The van der Waals surface area contributed by atoms with Crippen LogP contribution in [-0.4, -0.2) is 10.7 Å². The van der Waals surface area contributed by atoms with E-state index in [9.17, 15) is 0 Å². The van der Waals surface area contributed by atoms with E-state index in [0.29, 0.717) is 0 Å². The van der Waals surface area contributed by atoms with Crippen LogP contribution < -0.4 is 0 Å². The Kier molecular flexibility index (Phi) is 3.94. The molecule has 1 heterocycles. The lowest BCUT2D eigenvalue weighted by atomic mass is 10.5. The van der Waals surface area contributed by atoms with E-state index in [2.05, 4.69) is 27.8 Å². The van der Waals surface area contributed by atoms with Crippen molar-refractivity contribution in [1.82, 2.24) is 4.98 Å². The van der Waals surface area contributed by atoms with Gasteiger partial charge in [-0.15, -0.1) is 11.8 Å². The molecule has 0 saturated heterocycles. The molecule has 60 valence electrons. The molecule has 1 aromatic heterocycles. The Labute approximate surface area is 79.7 Å². The summed E-state index contributed by atoms with van der Waals surface area (Å²) in [5, 5.41) is 0. The van der Waals surface area contributed by atoms with Crippen LogP contribution in [0.4, 0.5) is 0 Å². The lowest BCUT2D eigenvalue weighted by Gasteiger charge is -1.98. The number of hydrogen-bond donors (Lipinski definition) is 0. The monoisotopic (exact) mass is 231 g/mol. The third-order valence-corrected chi connectivity index (χ3v) is 2.80. The summed E-state index contributed by atoms with van der Waals surface area (Å²) in [6.07, 6.45) is 3.03. The SMILES string of the molecule is CCCSc1ccnc(Br)c1. The van der Waals surface area contributed by atoms with Crippen LogP contribution in [0.3, 0.4) is 0 Å². The van der Waals surface area contributed by atoms with Gasteiger partial charge in [0.05, 0.1) is 0 Å². The lowest BCUT2D eigenvalue weighted by molar-refractivity contribution is 1.10. The Hall–Kier alpha value is -0.0200. The van der Waals surface area contributed by atoms with E-state index < -0.39 is 0 Å². The zero-order valence-electron chi connectivity index (χ0n) is 6.38. The minimum atomic E-state index is 0.915. The maximum absolute atomic E-state index is 4.05. The van der Waals surface area contributed by atoms with Crippen molar-refractivity contribution in [3.8, 4) is 0 Å². The zero-order valence-corrected chi connectivity index (χ0v) is 8.78. The van der Waals surface area contributed by atoms with Gasteiger partial charge < -0.3 is 0 Å². The van der Waals surface area contributed by atoms with Crippen LogP contribution in [0.5, 0.6) is 0 Å². The summed E-state index contributed by atoms with van der Waals surface area (Å²) in [5.41, 5.74) is 0. The topological polar surface area (TPSA) is 12.9 Å². The molecular formula is C8H10BrNS. The Morgan fingerprint density at radius 2 is 2.45 bits per heavy atom. The summed E-state index contributed by atoms with van der Waals surface area (Å²) in [5.74, 6) is 1.18. The highest BCUT2D eigenvalue weighted by atomic mass is 79.9. The predicted molar refractivity (Wildman–Crippen MR) is 53.0 cm³/mol. The summed E-state index contributed by atoms with van der Waals surface area (Å²) in [4.78, 5) is 5.34. The second-order valence-electron chi connectivity index (χ2n) is 2.16. The van der Waals surface area contributed by atoms with E-state index >= 15 is 0 Å². The average Bonchev–Trinajstić information content (AvgIpc) is 2.01. The molecule has 0 fully saturated rings. The summed E-state index contributed by atoms with van der Waals surface area (Å²) < 4.78 is 0.915. The smallest absolute Gasteiger partial charge is 0.107 e. The second kappa shape index (κ2) is 4.78. The molecule has 1 nitrogen and oxygen atoms in total. The fourth-order valence-corrected chi connectivity index (χ4v) is 2.00. The molecule has 0 aliphatic heterocycles.